The molecular weight excluding hydrogens is 324 g/mol. The van der Waals surface area contributed by atoms with Crippen molar-refractivity contribution in [2.75, 3.05) is 5.73 Å². The number of para-hydroxylation sites is 3. The average Bonchev–Trinajstić information content (AvgIpc) is 3.23. The summed E-state index contributed by atoms with van der Waals surface area (Å²) in [5.74, 6) is 1.14. The minimum atomic E-state index is 0.425. The summed E-state index contributed by atoms with van der Waals surface area (Å²) >= 11 is 0. The lowest BCUT2D eigenvalue weighted by molar-refractivity contribution is 0.878. The minimum absolute atomic E-state index is 0.425. The van der Waals surface area contributed by atoms with Gasteiger partial charge in [0, 0.05) is 5.39 Å². The quantitative estimate of drug-likeness (QED) is 0.511. The molecule has 0 fully saturated rings. The monoisotopic (exact) mass is 340 g/mol. The maximum absolute atomic E-state index is 6.28. The number of pyridine rings is 1. The van der Waals surface area contributed by atoms with E-state index < -0.39 is 0 Å². The molecule has 0 saturated heterocycles. The Morgan fingerprint density at radius 1 is 0.962 bits per heavy atom. The Bertz CT molecular complexity index is 1220. The van der Waals surface area contributed by atoms with Gasteiger partial charge in [-0.15, -0.1) is 0 Å². The number of nitrogens with zero attached hydrogens (tertiary/aromatic N) is 4. The second-order valence-corrected chi connectivity index (χ2v) is 6.23. The Morgan fingerprint density at radius 3 is 2.54 bits per heavy atom. The van der Waals surface area contributed by atoms with Gasteiger partial charge in [-0.1, -0.05) is 30.3 Å². The lowest BCUT2D eigenvalue weighted by Crippen LogP contribution is -2.01. The Morgan fingerprint density at radius 2 is 1.73 bits per heavy atom. The molecule has 0 radical (unpaired) electrons. The van der Waals surface area contributed by atoms with E-state index in [2.05, 4.69) is 20.1 Å². The molecule has 5 aromatic rings. The zero-order valence-corrected chi connectivity index (χ0v) is 14.1. The van der Waals surface area contributed by atoms with Crippen molar-refractivity contribution in [3.8, 4) is 17.1 Å². The summed E-state index contributed by atoms with van der Waals surface area (Å²) in [5, 5.41) is 5.60. The normalized spacial score (nSPS) is 11.4. The number of rotatable bonds is 2. The van der Waals surface area contributed by atoms with E-state index in [1.165, 1.54) is 0 Å². The fraction of sp³-hybridized carbons (Fsp3) is 0.0500. The first-order valence-corrected chi connectivity index (χ1v) is 8.37. The van der Waals surface area contributed by atoms with Crippen LogP contribution in [-0.4, -0.2) is 24.7 Å². The van der Waals surface area contributed by atoms with E-state index in [0.29, 0.717) is 11.6 Å². The maximum atomic E-state index is 6.28. The van der Waals surface area contributed by atoms with Crippen molar-refractivity contribution in [3.05, 3.63) is 66.4 Å². The summed E-state index contributed by atoms with van der Waals surface area (Å²) in [6.07, 6.45) is 0. The number of fused-ring (bicyclic) bond motifs is 2. The standard InChI is InChI=1S/C20H16N6/c1-12-14-11-15(19-22-16-9-5-6-10-17(16)23-19)18(21)24-20(14)26(25-12)13-7-3-2-4-8-13/h2-11H,1H3,(H2,21,24)(H,22,23). The zero-order valence-electron chi connectivity index (χ0n) is 14.1. The number of aryl methyl sites for hydroxylation is 1. The molecule has 0 bridgehead atoms. The number of hydrogen-bond donors (Lipinski definition) is 2. The Hall–Kier alpha value is -3.67. The van der Waals surface area contributed by atoms with Crippen molar-refractivity contribution < 1.29 is 0 Å². The van der Waals surface area contributed by atoms with Crippen LogP contribution in [0.25, 0.3) is 39.1 Å². The molecule has 126 valence electrons. The van der Waals surface area contributed by atoms with Gasteiger partial charge < -0.3 is 10.7 Å². The first kappa shape index (κ1) is 14.7. The second-order valence-electron chi connectivity index (χ2n) is 6.23. The van der Waals surface area contributed by atoms with Gasteiger partial charge in [0.2, 0.25) is 0 Å². The van der Waals surface area contributed by atoms with Gasteiger partial charge in [0.25, 0.3) is 0 Å². The van der Waals surface area contributed by atoms with Gasteiger partial charge >= 0.3 is 0 Å². The van der Waals surface area contributed by atoms with Gasteiger partial charge in [-0.05, 0) is 37.3 Å². The van der Waals surface area contributed by atoms with Crippen LogP contribution >= 0.6 is 0 Å². The van der Waals surface area contributed by atoms with Gasteiger partial charge in [0.1, 0.15) is 11.6 Å². The predicted molar refractivity (Wildman–Crippen MR) is 103 cm³/mol. The fourth-order valence-corrected chi connectivity index (χ4v) is 3.22. The summed E-state index contributed by atoms with van der Waals surface area (Å²) in [4.78, 5) is 12.6. The van der Waals surface area contributed by atoms with Crippen molar-refractivity contribution in [1.29, 1.82) is 0 Å². The van der Waals surface area contributed by atoms with Crippen LogP contribution in [0.3, 0.4) is 0 Å². The van der Waals surface area contributed by atoms with Crippen LogP contribution in [0.4, 0.5) is 5.82 Å². The first-order chi connectivity index (χ1) is 12.7. The molecule has 0 amide bonds. The zero-order chi connectivity index (χ0) is 17.7. The number of anilines is 1. The summed E-state index contributed by atoms with van der Waals surface area (Å²) < 4.78 is 1.82. The molecule has 0 saturated carbocycles. The van der Waals surface area contributed by atoms with E-state index in [4.69, 9.17) is 5.73 Å². The number of aromatic nitrogens is 5. The fourth-order valence-electron chi connectivity index (χ4n) is 3.22. The van der Waals surface area contributed by atoms with Crippen molar-refractivity contribution in [2.24, 2.45) is 0 Å². The van der Waals surface area contributed by atoms with Crippen LogP contribution in [0, 0.1) is 6.92 Å². The van der Waals surface area contributed by atoms with Gasteiger partial charge in [0.15, 0.2) is 5.65 Å². The number of nitrogen functional groups attached to an aromatic ring is 1. The third-order valence-corrected chi connectivity index (χ3v) is 4.52. The Kier molecular flexibility index (Phi) is 3.05. The minimum Gasteiger partial charge on any atom is -0.383 e. The number of H-pyrrole nitrogens is 1. The van der Waals surface area contributed by atoms with E-state index in [1.54, 1.807) is 0 Å². The smallest absolute Gasteiger partial charge is 0.165 e. The number of nitrogens with two attached hydrogens (primary N) is 1. The number of benzene rings is 2. The molecule has 6 heteroatoms. The lowest BCUT2D eigenvalue weighted by atomic mass is 10.2. The molecule has 0 aliphatic heterocycles. The van der Waals surface area contributed by atoms with Crippen molar-refractivity contribution in [2.45, 2.75) is 6.92 Å². The molecule has 2 aromatic carbocycles. The van der Waals surface area contributed by atoms with Gasteiger partial charge in [0.05, 0.1) is 28.0 Å². The van der Waals surface area contributed by atoms with Crippen molar-refractivity contribution >= 4 is 27.9 Å². The molecule has 0 spiro atoms. The van der Waals surface area contributed by atoms with Crippen LogP contribution in [0.15, 0.2) is 60.7 Å². The highest BCUT2D eigenvalue weighted by molar-refractivity contribution is 5.90. The van der Waals surface area contributed by atoms with Gasteiger partial charge in [-0.3, -0.25) is 0 Å². The molecule has 0 atom stereocenters. The number of aromatic amines is 1. The van der Waals surface area contributed by atoms with E-state index >= 15 is 0 Å². The van der Waals surface area contributed by atoms with Crippen LogP contribution < -0.4 is 5.73 Å². The van der Waals surface area contributed by atoms with Gasteiger partial charge in [-0.25, -0.2) is 14.6 Å². The van der Waals surface area contributed by atoms with E-state index in [1.807, 2.05) is 72.3 Å². The number of imidazole rings is 1. The van der Waals surface area contributed by atoms with E-state index in [0.717, 1.165) is 39.0 Å². The van der Waals surface area contributed by atoms with Gasteiger partial charge in [-0.2, -0.15) is 5.10 Å². The topological polar surface area (TPSA) is 85.4 Å². The third-order valence-electron chi connectivity index (χ3n) is 4.52. The molecule has 3 aromatic heterocycles. The molecule has 5 rings (SSSR count). The largest absolute Gasteiger partial charge is 0.383 e. The average molecular weight is 340 g/mol. The first-order valence-electron chi connectivity index (χ1n) is 8.37. The molecule has 6 nitrogen and oxygen atoms in total. The van der Waals surface area contributed by atoms with E-state index in [-0.39, 0.29) is 0 Å². The third kappa shape index (κ3) is 2.16. The SMILES string of the molecule is Cc1nn(-c2ccccc2)c2nc(N)c(-c3nc4ccccc4[nH]3)cc12. The highest BCUT2D eigenvalue weighted by atomic mass is 15.3. The molecule has 0 aliphatic carbocycles. The Labute approximate surface area is 149 Å². The van der Waals surface area contributed by atoms with Crippen molar-refractivity contribution in [1.82, 2.24) is 24.7 Å². The molecule has 26 heavy (non-hydrogen) atoms. The predicted octanol–water partition coefficient (Wildman–Crippen LogP) is 3.85. The van der Waals surface area contributed by atoms with E-state index in [9.17, 15) is 0 Å². The lowest BCUT2D eigenvalue weighted by Gasteiger charge is -2.05. The summed E-state index contributed by atoms with van der Waals surface area (Å²) in [5.41, 5.74) is 11.5. The summed E-state index contributed by atoms with van der Waals surface area (Å²) in [6, 6.07) is 19.8. The van der Waals surface area contributed by atoms with Crippen LogP contribution in [-0.2, 0) is 0 Å². The molecule has 0 aliphatic rings. The van der Waals surface area contributed by atoms with Crippen molar-refractivity contribution in [3.63, 3.8) is 0 Å². The summed E-state index contributed by atoms with van der Waals surface area (Å²) in [6.45, 7) is 1.97. The molecule has 3 heterocycles. The second kappa shape index (κ2) is 5.42. The maximum Gasteiger partial charge on any atom is 0.165 e. The highest BCUT2D eigenvalue weighted by Crippen LogP contribution is 2.30. The van der Waals surface area contributed by atoms with Crippen LogP contribution in [0.2, 0.25) is 0 Å². The number of hydrogen-bond acceptors (Lipinski definition) is 4. The van der Waals surface area contributed by atoms with Crippen LogP contribution in [0.1, 0.15) is 5.69 Å². The molecule has 0 unspecified atom stereocenters. The number of nitrogens with one attached hydrogen (secondary N) is 1. The van der Waals surface area contributed by atoms with Crippen LogP contribution in [0.5, 0.6) is 0 Å². The molecule has 3 N–H and O–H groups in total. The summed E-state index contributed by atoms with van der Waals surface area (Å²) in [7, 11) is 0. The highest BCUT2D eigenvalue weighted by Gasteiger charge is 2.16. The Balaban J connectivity index is 1.74. The molecular formula is C20H16N6.